The number of hydrogen-bond donors (Lipinski definition) is 2. The summed E-state index contributed by atoms with van der Waals surface area (Å²) >= 11 is 6.28. The highest BCUT2D eigenvalue weighted by Gasteiger charge is 2.30. The van der Waals surface area contributed by atoms with Gasteiger partial charge < -0.3 is 15.5 Å². The Kier molecular flexibility index (Phi) is 8.10. The molecule has 12 heteroatoms. The summed E-state index contributed by atoms with van der Waals surface area (Å²) < 4.78 is 38.6. The molecule has 4 rings (SSSR count). The molecule has 0 bridgehead atoms. The zero-order valence-electron chi connectivity index (χ0n) is 20.1. The Morgan fingerprint density at radius 3 is 2.31 bits per heavy atom. The van der Waals surface area contributed by atoms with E-state index >= 15 is 0 Å². The Hall–Kier alpha value is -3.18. The van der Waals surface area contributed by atoms with Gasteiger partial charge in [0.2, 0.25) is 11.9 Å². The van der Waals surface area contributed by atoms with Gasteiger partial charge in [-0.05, 0) is 50.2 Å². The van der Waals surface area contributed by atoms with Crippen molar-refractivity contribution >= 4 is 35.0 Å². The van der Waals surface area contributed by atoms with E-state index in [1.54, 1.807) is 6.20 Å². The molecule has 192 valence electrons. The van der Waals surface area contributed by atoms with E-state index in [2.05, 4.69) is 40.4 Å². The largest absolute Gasteiger partial charge is 0.416 e. The van der Waals surface area contributed by atoms with Crippen molar-refractivity contribution in [1.29, 1.82) is 0 Å². The smallest absolute Gasteiger partial charge is 0.353 e. The average Bonchev–Trinajstić information content (AvgIpc) is 2.83. The van der Waals surface area contributed by atoms with Crippen molar-refractivity contribution in [1.82, 2.24) is 24.8 Å². The normalized spacial score (nSPS) is 14.8. The first-order valence-corrected chi connectivity index (χ1v) is 12.1. The van der Waals surface area contributed by atoms with Crippen LogP contribution in [0.2, 0.25) is 5.02 Å². The van der Waals surface area contributed by atoms with Gasteiger partial charge in [-0.15, -0.1) is 0 Å². The molecular weight excluding hydrogens is 493 g/mol. The second-order valence-corrected chi connectivity index (χ2v) is 9.19. The lowest BCUT2D eigenvalue weighted by molar-refractivity contribution is -0.137. The number of halogens is 4. The average molecular weight is 521 g/mol. The maximum absolute atomic E-state index is 12.9. The summed E-state index contributed by atoms with van der Waals surface area (Å²) in [5.41, 5.74) is -0.253. The molecule has 0 atom stereocenters. The third-order valence-corrected chi connectivity index (χ3v) is 5.93. The van der Waals surface area contributed by atoms with Gasteiger partial charge in [0.05, 0.1) is 10.6 Å². The van der Waals surface area contributed by atoms with Crippen LogP contribution in [-0.4, -0.2) is 63.6 Å². The minimum absolute atomic E-state index is 0.102. The van der Waals surface area contributed by atoms with Crippen molar-refractivity contribution in [3.8, 4) is 0 Å². The van der Waals surface area contributed by atoms with Gasteiger partial charge in [-0.2, -0.15) is 28.1 Å². The van der Waals surface area contributed by atoms with Crippen LogP contribution in [0.15, 0.2) is 42.6 Å². The lowest BCUT2D eigenvalue weighted by atomic mass is 10.2. The number of pyridine rings is 1. The summed E-state index contributed by atoms with van der Waals surface area (Å²) in [6, 6.07) is 8.52. The van der Waals surface area contributed by atoms with E-state index in [0.717, 1.165) is 50.7 Å². The van der Waals surface area contributed by atoms with E-state index in [-0.39, 0.29) is 12.0 Å². The standard InChI is InChI=1S/C24H28ClF3N8/c1-16(2)30-22-32-20(33-23(34-22)31-18-7-5-17(6-8-18)24(26,27)28)9-11-35-12-14-36(15-13-35)21-19(25)4-3-10-29-21/h3-8,10,16H,9,11-15H2,1-2H3,(H2,30,31,32,33,34). The van der Waals surface area contributed by atoms with E-state index in [1.807, 2.05) is 26.0 Å². The predicted molar refractivity (Wildman–Crippen MR) is 135 cm³/mol. The van der Waals surface area contributed by atoms with Crippen LogP contribution < -0.4 is 15.5 Å². The maximum Gasteiger partial charge on any atom is 0.416 e. The topological polar surface area (TPSA) is 82.1 Å². The van der Waals surface area contributed by atoms with Gasteiger partial charge in [0.25, 0.3) is 0 Å². The van der Waals surface area contributed by atoms with Crippen molar-refractivity contribution in [3.05, 3.63) is 59.0 Å². The lowest BCUT2D eigenvalue weighted by Crippen LogP contribution is -2.47. The van der Waals surface area contributed by atoms with Gasteiger partial charge in [-0.25, -0.2) is 4.98 Å². The molecule has 2 N–H and O–H groups in total. The SMILES string of the molecule is CC(C)Nc1nc(CCN2CCN(c3ncccc3Cl)CC2)nc(Nc2ccc(C(F)(F)F)cc2)n1. The van der Waals surface area contributed by atoms with Crippen LogP contribution >= 0.6 is 11.6 Å². The fourth-order valence-electron chi connectivity index (χ4n) is 3.83. The molecule has 0 unspecified atom stereocenters. The summed E-state index contributed by atoms with van der Waals surface area (Å²) in [6.45, 7) is 8.04. The second-order valence-electron chi connectivity index (χ2n) is 8.79. The van der Waals surface area contributed by atoms with Gasteiger partial charge >= 0.3 is 6.18 Å². The predicted octanol–water partition coefficient (Wildman–Crippen LogP) is 4.87. The van der Waals surface area contributed by atoms with Crippen LogP contribution in [0.25, 0.3) is 0 Å². The molecule has 1 aliphatic heterocycles. The van der Waals surface area contributed by atoms with Crippen molar-refractivity contribution in [2.45, 2.75) is 32.5 Å². The highest BCUT2D eigenvalue weighted by atomic mass is 35.5. The Labute approximate surface area is 212 Å². The first-order valence-electron chi connectivity index (χ1n) is 11.7. The minimum Gasteiger partial charge on any atom is -0.353 e. The van der Waals surface area contributed by atoms with Gasteiger partial charge in [0, 0.05) is 57.1 Å². The van der Waals surface area contributed by atoms with Crippen LogP contribution in [0, 0.1) is 0 Å². The lowest BCUT2D eigenvalue weighted by Gasteiger charge is -2.35. The zero-order valence-corrected chi connectivity index (χ0v) is 20.8. The molecule has 0 radical (unpaired) electrons. The first kappa shape index (κ1) is 25.9. The van der Waals surface area contributed by atoms with Crippen molar-refractivity contribution in [2.24, 2.45) is 0 Å². The third-order valence-electron chi connectivity index (χ3n) is 5.63. The molecule has 0 spiro atoms. The van der Waals surface area contributed by atoms with E-state index in [1.165, 1.54) is 12.1 Å². The summed E-state index contributed by atoms with van der Waals surface area (Å²) in [5.74, 6) is 2.09. The third kappa shape index (κ3) is 6.94. The quantitative estimate of drug-likeness (QED) is 0.435. The van der Waals surface area contributed by atoms with E-state index < -0.39 is 11.7 Å². The molecule has 1 saturated heterocycles. The highest BCUT2D eigenvalue weighted by molar-refractivity contribution is 6.32. The number of hydrogen-bond acceptors (Lipinski definition) is 8. The zero-order chi connectivity index (χ0) is 25.7. The number of nitrogens with zero attached hydrogens (tertiary/aromatic N) is 6. The molecule has 1 aromatic carbocycles. The Balaban J connectivity index is 1.40. The minimum atomic E-state index is -4.39. The summed E-state index contributed by atoms with van der Waals surface area (Å²) in [6.07, 6.45) is -2.04. The maximum atomic E-state index is 12.9. The molecule has 2 aromatic heterocycles. The summed E-state index contributed by atoms with van der Waals surface area (Å²) in [7, 11) is 0. The number of alkyl halides is 3. The van der Waals surface area contributed by atoms with E-state index in [0.29, 0.717) is 28.9 Å². The molecular formula is C24H28ClF3N8. The van der Waals surface area contributed by atoms with Crippen LogP contribution in [0.1, 0.15) is 25.2 Å². The molecule has 1 fully saturated rings. The highest BCUT2D eigenvalue weighted by Crippen LogP contribution is 2.30. The van der Waals surface area contributed by atoms with Gasteiger partial charge in [-0.3, -0.25) is 4.90 Å². The molecule has 0 aliphatic carbocycles. The monoisotopic (exact) mass is 520 g/mol. The van der Waals surface area contributed by atoms with E-state index in [9.17, 15) is 13.2 Å². The molecule has 0 saturated carbocycles. The molecule has 36 heavy (non-hydrogen) atoms. The fraction of sp³-hybridized carbons (Fsp3) is 0.417. The Morgan fingerprint density at radius 2 is 1.67 bits per heavy atom. The molecule has 0 amide bonds. The van der Waals surface area contributed by atoms with Gasteiger partial charge in [0.15, 0.2) is 0 Å². The fourth-order valence-corrected chi connectivity index (χ4v) is 4.07. The number of rotatable bonds is 8. The van der Waals surface area contributed by atoms with Gasteiger partial charge in [0.1, 0.15) is 11.6 Å². The molecule has 1 aliphatic rings. The number of aromatic nitrogens is 4. The number of nitrogens with one attached hydrogen (secondary N) is 2. The Morgan fingerprint density at radius 1 is 0.972 bits per heavy atom. The molecule has 3 heterocycles. The Bertz CT molecular complexity index is 1150. The first-order chi connectivity index (χ1) is 17.2. The van der Waals surface area contributed by atoms with E-state index in [4.69, 9.17) is 11.6 Å². The molecule has 3 aromatic rings. The summed E-state index contributed by atoms with van der Waals surface area (Å²) in [5, 5.41) is 6.82. The van der Waals surface area contributed by atoms with Gasteiger partial charge in [-0.1, -0.05) is 11.6 Å². The van der Waals surface area contributed by atoms with Crippen molar-refractivity contribution in [2.75, 3.05) is 48.3 Å². The van der Waals surface area contributed by atoms with Crippen LogP contribution in [0.4, 0.5) is 36.6 Å². The molecule has 8 nitrogen and oxygen atoms in total. The number of anilines is 4. The van der Waals surface area contributed by atoms with Crippen LogP contribution in [0.5, 0.6) is 0 Å². The number of benzene rings is 1. The number of piperazine rings is 1. The van der Waals surface area contributed by atoms with Crippen LogP contribution in [0.3, 0.4) is 0 Å². The van der Waals surface area contributed by atoms with Crippen LogP contribution in [-0.2, 0) is 12.6 Å². The summed E-state index contributed by atoms with van der Waals surface area (Å²) in [4.78, 5) is 22.3. The van der Waals surface area contributed by atoms with Crippen molar-refractivity contribution < 1.29 is 13.2 Å². The second kappa shape index (κ2) is 11.3. The van der Waals surface area contributed by atoms with Crippen molar-refractivity contribution in [3.63, 3.8) is 0 Å².